The van der Waals surface area contributed by atoms with Gasteiger partial charge in [-0.05, 0) is 48.2 Å². The molecule has 0 aliphatic rings. The molecule has 0 aliphatic carbocycles. The van der Waals surface area contributed by atoms with Gasteiger partial charge in [-0.25, -0.2) is 4.98 Å². The Morgan fingerprint density at radius 1 is 0.893 bits per heavy atom. The van der Waals surface area contributed by atoms with E-state index >= 15 is 0 Å². The van der Waals surface area contributed by atoms with Crippen LogP contribution in [-0.4, -0.2) is 9.55 Å². The fourth-order valence-corrected chi connectivity index (χ4v) is 3.38. The summed E-state index contributed by atoms with van der Waals surface area (Å²) < 4.78 is 8.32. The van der Waals surface area contributed by atoms with Crippen LogP contribution < -0.4 is 4.74 Å². The Kier molecular flexibility index (Phi) is 5.16. The zero-order valence-corrected chi connectivity index (χ0v) is 16.7. The van der Waals surface area contributed by atoms with Gasteiger partial charge in [-0.15, -0.1) is 0 Å². The van der Waals surface area contributed by atoms with E-state index in [2.05, 4.69) is 79.9 Å². The van der Waals surface area contributed by atoms with Crippen molar-refractivity contribution in [1.29, 1.82) is 0 Å². The fraction of sp³-hybridized carbons (Fsp3) is 0.240. The van der Waals surface area contributed by atoms with Crippen LogP contribution in [0.25, 0.3) is 11.0 Å². The molecule has 3 aromatic carbocycles. The topological polar surface area (TPSA) is 27.1 Å². The second-order valence-electron chi connectivity index (χ2n) is 7.60. The molecule has 0 fully saturated rings. The minimum Gasteiger partial charge on any atom is -0.486 e. The van der Waals surface area contributed by atoms with Crippen LogP contribution in [0.4, 0.5) is 0 Å². The third-order valence-corrected chi connectivity index (χ3v) is 5.11. The smallest absolute Gasteiger partial charge is 0.148 e. The van der Waals surface area contributed by atoms with Crippen molar-refractivity contribution in [2.24, 2.45) is 0 Å². The molecular weight excluding hydrogens is 344 g/mol. The Labute approximate surface area is 166 Å². The lowest BCUT2D eigenvalue weighted by Gasteiger charge is -2.12. The lowest BCUT2D eigenvalue weighted by atomic mass is 10.0. The molecule has 0 spiro atoms. The second-order valence-corrected chi connectivity index (χ2v) is 7.60. The maximum Gasteiger partial charge on any atom is 0.148 e. The average molecular weight is 370 g/mol. The van der Waals surface area contributed by atoms with Crippen LogP contribution in [-0.2, 0) is 13.2 Å². The van der Waals surface area contributed by atoms with Crippen LogP contribution >= 0.6 is 0 Å². The Balaban J connectivity index is 1.59. The molecule has 0 atom stereocenters. The Hall–Kier alpha value is -3.07. The van der Waals surface area contributed by atoms with Crippen molar-refractivity contribution < 1.29 is 4.74 Å². The number of nitrogens with zero attached hydrogens (tertiary/aromatic N) is 2. The van der Waals surface area contributed by atoms with Crippen LogP contribution in [0.5, 0.6) is 5.75 Å². The van der Waals surface area contributed by atoms with Crippen molar-refractivity contribution >= 4 is 11.0 Å². The van der Waals surface area contributed by atoms with Crippen LogP contribution in [0.1, 0.15) is 42.3 Å². The molecular formula is C25H26N2O. The van der Waals surface area contributed by atoms with Crippen molar-refractivity contribution in [3.8, 4) is 5.75 Å². The van der Waals surface area contributed by atoms with E-state index in [0.717, 1.165) is 29.2 Å². The lowest BCUT2D eigenvalue weighted by molar-refractivity contribution is 0.291. The van der Waals surface area contributed by atoms with E-state index < -0.39 is 0 Å². The summed E-state index contributed by atoms with van der Waals surface area (Å²) in [5.74, 6) is 2.33. The highest BCUT2D eigenvalue weighted by Crippen LogP contribution is 2.22. The van der Waals surface area contributed by atoms with Crippen LogP contribution in [0.3, 0.4) is 0 Å². The molecule has 142 valence electrons. The average Bonchev–Trinajstić information content (AvgIpc) is 3.06. The van der Waals surface area contributed by atoms with Crippen molar-refractivity contribution in [3.63, 3.8) is 0 Å². The minimum atomic E-state index is 0.446. The molecule has 4 aromatic rings. The Bertz CT molecular complexity index is 1060. The number of para-hydroxylation sites is 2. The van der Waals surface area contributed by atoms with Crippen molar-refractivity contribution in [3.05, 3.63) is 95.3 Å². The summed E-state index contributed by atoms with van der Waals surface area (Å²) in [5.41, 5.74) is 5.99. The third kappa shape index (κ3) is 3.94. The molecule has 1 aromatic heterocycles. The van der Waals surface area contributed by atoms with Gasteiger partial charge in [-0.1, -0.05) is 67.9 Å². The Morgan fingerprint density at radius 3 is 2.32 bits per heavy atom. The van der Waals surface area contributed by atoms with Gasteiger partial charge in [0.05, 0.1) is 11.0 Å². The van der Waals surface area contributed by atoms with E-state index in [9.17, 15) is 0 Å². The predicted molar refractivity (Wildman–Crippen MR) is 115 cm³/mol. The van der Waals surface area contributed by atoms with E-state index in [4.69, 9.17) is 9.72 Å². The van der Waals surface area contributed by atoms with Gasteiger partial charge < -0.3 is 9.30 Å². The first-order valence-corrected chi connectivity index (χ1v) is 9.82. The third-order valence-electron chi connectivity index (χ3n) is 5.11. The standard InChI is InChI=1S/C25H26N2O/c1-18(2)21-12-14-22(15-13-21)28-17-25-26-23-6-4-5-7-24(23)27(25)16-20-10-8-19(3)9-11-20/h4-15,18H,16-17H2,1-3H3. The molecule has 3 nitrogen and oxygen atoms in total. The van der Waals surface area contributed by atoms with E-state index in [1.165, 1.54) is 16.7 Å². The van der Waals surface area contributed by atoms with Crippen LogP contribution in [0.15, 0.2) is 72.8 Å². The molecule has 4 rings (SSSR count). The molecule has 0 radical (unpaired) electrons. The first-order chi connectivity index (χ1) is 13.6. The number of aryl methyl sites for hydroxylation is 1. The number of imidazole rings is 1. The minimum absolute atomic E-state index is 0.446. The molecule has 3 heteroatoms. The molecule has 1 heterocycles. The summed E-state index contributed by atoms with van der Waals surface area (Å²) >= 11 is 0. The number of hydrogen-bond donors (Lipinski definition) is 0. The fourth-order valence-electron chi connectivity index (χ4n) is 3.38. The molecule has 0 aliphatic heterocycles. The van der Waals surface area contributed by atoms with E-state index in [-0.39, 0.29) is 0 Å². The SMILES string of the molecule is Cc1ccc(Cn2c(COc3ccc(C(C)C)cc3)nc3ccccc32)cc1. The van der Waals surface area contributed by atoms with Gasteiger partial charge in [-0.3, -0.25) is 0 Å². The van der Waals surface area contributed by atoms with Gasteiger partial charge in [0.1, 0.15) is 18.2 Å². The lowest BCUT2D eigenvalue weighted by Crippen LogP contribution is -2.08. The zero-order chi connectivity index (χ0) is 19.5. The first-order valence-electron chi connectivity index (χ1n) is 9.82. The molecule has 0 unspecified atom stereocenters. The van der Waals surface area contributed by atoms with E-state index in [0.29, 0.717) is 12.5 Å². The van der Waals surface area contributed by atoms with Gasteiger partial charge in [0, 0.05) is 6.54 Å². The van der Waals surface area contributed by atoms with Gasteiger partial charge in [0.15, 0.2) is 0 Å². The number of ether oxygens (including phenoxy) is 1. The van der Waals surface area contributed by atoms with Crippen molar-refractivity contribution in [2.45, 2.75) is 39.8 Å². The predicted octanol–water partition coefficient (Wildman–Crippen LogP) is 6.10. The first kappa shape index (κ1) is 18.3. The number of hydrogen-bond acceptors (Lipinski definition) is 2. The number of benzene rings is 3. The van der Waals surface area contributed by atoms with Gasteiger partial charge in [-0.2, -0.15) is 0 Å². The molecule has 0 bridgehead atoms. The quantitative estimate of drug-likeness (QED) is 0.410. The Morgan fingerprint density at radius 2 is 1.61 bits per heavy atom. The summed E-state index contributed by atoms with van der Waals surface area (Å²) in [6, 6.07) is 25.3. The monoisotopic (exact) mass is 370 g/mol. The van der Waals surface area contributed by atoms with Gasteiger partial charge in [0.2, 0.25) is 0 Å². The van der Waals surface area contributed by atoms with E-state index in [1.54, 1.807) is 0 Å². The number of aromatic nitrogens is 2. The van der Waals surface area contributed by atoms with Gasteiger partial charge >= 0.3 is 0 Å². The van der Waals surface area contributed by atoms with E-state index in [1.807, 2.05) is 18.2 Å². The molecule has 0 saturated carbocycles. The molecule has 0 amide bonds. The molecule has 0 N–H and O–H groups in total. The summed E-state index contributed by atoms with van der Waals surface area (Å²) in [6.45, 7) is 7.74. The highest BCUT2D eigenvalue weighted by atomic mass is 16.5. The van der Waals surface area contributed by atoms with Crippen LogP contribution in [0, 0.1) is 6.92 Å². The summed E-state index contributed by atoms with van der Waals surface area (Å²) in [7, 11) is 0. The maximum atomic E-state index is 6.07. The summed E-state index contributed by atoms with van der Waals surface area (Å²) in [4.78, 5) is 4.83. The normalized spacial score (nSPS) is 11.3. The number of rotatable bonds is 6. The maximum absolute atomic E-state index is 6.07. The van der Waals surface area contributed by atoms with Gasteiger partial charge in [0.25, 0.3) is 0 Å². The highest BCUT2D eigenvalue weighted by molar-refractivity contribution is 5.76. The summed E-state index contributed by atoms with van der Waals surface area (Å²) in [5, 5.41) is 0. The zero-order valence-electron chi connectivity index (χ0n) is 16.7. The highest BCUT2D eigenvalue weighted by Gasteiger charge is 2.12. The largest absolute Gasteiger partial charge is 0.486 e. The second kappa shape index (κ2) is 7.89. The molecule has 0 saturated heterocycles. The van der Waals surface area contributed by atoms with Crippen molar-refractivity contribution in [1.82, 2.24) is 9.55 Å². The summed E-state index contributed by atoms with van der Waals surface area (Å²) in [6.07, 6.45) is 0. The van der Waals surface area contributed by atoms with Crippen LogP contribution in [0.2, 0.25) is 0 Å². The molecule has 28 heavy (non-hydrogen) atoms. The van der Waals surface area contributed by atoms with Crippen molar-refractivity contribution in [2.75, 3.05) is 0 Å². The number of fused-ring (bicyclic) bond motifs is 1.